The third-order valence-electron chi connectivity index (χ3n) is 0.629. The number of aliphatic hydroxyl groups excluding tert-OH is 1. The monoisotopic (exact) mass is 189 g/mol. The number of halogens is 1. The van der Waals surface area contributed by atoms with Gasteiger partial charge in [-0.05, 0) is 28.1 Å². The maximum atomic E-state index is 7.00. The summed E-state index contributed by atoms with van der Waals surface area (Å²) in [6, 6.07) is 5.70. The first kappa shape index (κ1) is 8.59. The molecule has 0 aliphatic rings. The predicted octanol–water partition coefficient (Wildman–Crippen LogP) is 1.45. The second kappa shape index (κ2) is 5.72. The quantitative estimate of drug-likeness (QED) is 0.628. The molecule has 1 heterocycles. The second-order valence-electron chi connectivity index (χ2n) is 1.15. The van der Waals surface area contributed by atoms with E-state index in [9.17, 15) is 0 Å². The van der Waals surface area contributed by atoms with Gasteiger partial charge in [-0.2, -0.15) is 0 Å². The highest BCUT2D eigenvalue weighted by molar-refractivity contribution is 9.10. The zero-order valence-corrected chi connectivity index (χ0v) is 6.67. The van der Waals surface area contributed by atoms with Gasteiger partial charge in [0.1, 0.15) is 4.60 Å². The fraction of sp³-hybridized carbons (Fsp3) is 0.167. The lowest BCUT2D eigenvalue weighted by molar-refractivity contribution is 0.399. The fourth-order valence-electron chi connectivity index (χ4n) is 0.342. The lowest BCUT2D eigenvalue weighted by Gasteiger charge is -1.80. The molecule has 0 atom stereocenters. The molecule has 0 aliphatic heterocycles. The van der Waals surface area contributed by atoms with Crippen LogP contribution in [0.3, 0.4) is 0 Å². The topological polar surface area (TPSA) is 33.1 Å². The van der Waals surface area contributed by atoms with Gasteiger partial charge in [-0.3, -0.25) is 0 Å². The SMILES string of the molecule is Brc1ccccn1.CO. The minimum absolute atomic E-state index is 0.884. The molecule has 1 rings (SSSR count). The minimum Gasteiger partial charge on any atom is -0.400 e. The van der Waals surface area contributed by atoms with Gasteiger partial charge in [-0.25, -0.2) is 4.98 Å². The van der Waals surface area contributed by atoms with Gasteiger partial charge >= 0.3 is 0 Å². The average Bonchev–Trinajstić information content (AvgIpc) is 1.94. The predicted molar refractivity (Wildman–Crippen MR) is 40.1 cm³/mol. The minimum atomic E-state index is 0.884. The molecule has 1 aromatic rings. The smallest absolute Gasteiger partial charge is 0.106 e. The molecular weight excluding hydrogens is 182 g/mol. The summed E-state index contributed by atoms with van der Waals surface area (Å²) >= 11 is 3.20. The molecule has 1 N–H and O–H groups in total. The summed E-state index contributed by atoms with van der Waals surface area (Å²) in [5, 5.41) is 7.00. The summed E-state index contributed by atoms with van der Waals surface area (Å²) in [4.78, 5) is 3.90. The molecule has 0 aliphatic carbocycles. The van der Waals surface area contributed by atoms with Gasteiger partial charge in [-0.15, -0.1) is 0 Å². The van der Waals surface area contributed by atoms with Crippen LogP contribution in [0.25, 0.3) is 0 Å². The Morgan fingerprint density at radius 1 is 1.44 bits per heavy atom. The van der Waals surface area contributed by atoms with E-state index in [0.717, 1.165) is 11.7 Å². The first-order chi connectivity index (χ1) is 4.39. The number of aromatic nitrogens is 1. The van der Waals surface area contributed by atoms with Gasteiger partial charge in [0.2, 0.25) is 0 Å². The van der Waals surface area contributed by atoms with Crippen LogP contribution in [0.1, 0.15) is 0 Å². The third kappa shape index (κ3) is 4.12. The first-order valence-electron chi connectivity index (χ1n) is 2.41. The van der Waals surface area contributed by atoms with E-state index in [1.54, 1.807) is 6.20 Å². The highest BCUT2D eigenvalue weighted by Crippen LogP contribution is 2.00. The fourth-order valence-corrected chi connectivity index (χ4v) is 0.613. The molecule has 2 nitrogen and oxygen atoms in total. The van der Waals surface area contributed by atoms with Crippen molar-refractivity contribution in [1.82, 2.24) is 4.98 Å². The Bertz CT molecular complexity index is 143. The molecule has 0 bridgehead atoms. The van der Waals surface area contributed by atoms with Gasteiger partial charge in [0, 0.05) is 13.3 Å². The van der Waals surface area contributed by atoms with E-state index in [1.807, 2.05) is 18.2 Å². The lowest BCUT2D eigenvalue weighted by Crippen LogP contribution is -1.66. The van der Waals surface area contributed by atoms with Crippen LogP contribution in [0.2, 0.25) is 0 Å². The summed E-state index contributed by atoms with van der Waals surface area (Å²) in [5.41, 5.74) is 0. The van der Waals surface area contributed by atoms with E-state index >= 15 is 0 Å². The highest BCUT2D eigenvalue weighted by atomic mass is 79.9. The van der Waals surface area contributed by atoms with Crippen molar-refractivity contribution in [2.24, 2.45) is 0 Å². The largest absolute Gasteiger partial charge is 0.400 e. The Balaban J connectivity index is 0.000000291. The average molecular weight is 190 g/mol. The van der Waals surface area contributed by atoms with Crippen LogP contribution in [0.5, 0.6) is 0 Å². The zero-order chi connectivity index (χ0) is 7.11. The van der Waals surface area contributed by atoms with Gasteiger partial charge in [-0.1, -0.05) is 6.07 Å². The molecule has 0 spiro atoms. The highest BCUT2D eigenvalue weighted by Gasteiger charge is 1.75. The molecule has 0 amide bonds. The molecule has 0 radical (unpaired) electrons. The van der Waals surface area contributed by atoms with Crippen LogP contribution >= 0.6 is 15.9 Å². The van der Waals surface area contributed by atoms with E-state index in [1.165, 1.54) is 0 Å². The Labute approximate surface area is 62.7 Å². The summed E-state index contributed by atoms with van der Waals surface area (Å²) in [5.74, 6) is 0. The van der Waals surface area contributed by atoms with Crippen molar-refractivity contribution in [1.29, 1.82) is 0 Å². The molecule has 0 saturated carbocycles. The lowest BCUT2D eigenvalue weighted by atomic mass is 10.5. The van der Waals surface area contributed by atoms with E-state index in [-0.39, 0.29) is 0 Å². The van der Waals surface area contributed by atoms with E-state index in [0.29, 0.717) is 0 Å². The Hall–Kier alpha value is -0.410. The van der Waals surface area contributed by atoms with Crippen LogP contribution in [-0.4, -0.2) is 17.2 Å². The molecule has 9 heavy (non-hydrogen) atoms. The molecular formula is C6H8BrNO. The molecule has 1 aromatic heterocycles. The Kier molecular flexibility index (Phi) is 5.46. The molecule has 3 heteroatoms. The van der Waals surface area contributed by atoms with E-state index < -0.39 is 0 Å². The van der Waals surface area contributed by atoms with Crippen LogP contribution in [0.4, 0.5) is 0 Å². The number of nitrogens with zero attached hydrogens (tertiary/aromatic N) is 1. The standard InChI is InChI=1S/C5H4BrN.CH4O/c6-5-3-1-2-4-7-5;1-2/h1-4H;2H,1H3. The van der Waals surface area contributed by atoms with Crippen molar-refractivity contribution >= 4 is 15.9 Å². The molecule has 50 valence electrons. The van der Waals surface area contributed by atoms with Crippen LogP contribution in [0.15, 0.2) is 29.0 Å². The normalized spacial score (nSPS) is 7.44. The molecule has 0 unspecified atom stereocenters. The second-order valence-corrected chi connectivity index (χ2v) is 1.96. The summed E-state index contributed by atoms with van der Waals surface area (Å²) in [7, 11) is 1.00. The molecule has 0 fully saturated rings. The Morgan fingerprint density at radius 2 is 2.11 bits per heavy atom. The number of hydrogen-bond donors (Lipinski definition) is 1. The van der Waals surface area contributed by atoms with Crippen LogP contribution < -0.4 is 0 Å². The van der Waals surface area contributed by atoms with Crippen LogP contribution in [-0.2, 0) is 0 Å². The summed E-state index contributed by atoms with van der Waals surface area (Å²) < 4.78 is 0.884. The maximum absolute atomic E-state index is 7.00. The third-order valence-corrected chi connectivity index (χ3v) is 1.10. The van der Waals surface area contributed by atoms with Gasteiger partial charge in [0.05, 0.1) is 0 Å². The van der Waals surface area contributed by atoms with Crippen molar-refractivity contribution in [2.45, 2.75) is 0 Å². The number of aliphatic hydroxyl groups is 1. The van der Waals surface area contributed by atoms with Crippen molar-refractivity contribution in [3.8, 4) is 0 Å². The van der Waals surface area contributed by atoms with Gasteiger partial charge < -0.3 is 5.11 Å². The number of rotatable bonds is 0. The van der Waals surface area contributed by atoms with Crippen molar-refractivity contribution in [3.63, 3.8) is 0 Å². The van der Waals surface area contributed by atoms with Crippen molar-refractivity contribution in [2.75, 3.05) is 7.11 Å². The maximum Gasteiger partial charge on any atom is 0.106 e. The van der Waals surface area contributed by atoms with Crippen molar-refractivity contribution in [3.05, 3.63) is 29.0 Å². The van der Waals surface area contributed by atoms with E-state index in [2.05, 4.69) is 20.9 Å². The van der Waals surface area contributed by atoms with Crippen LogP contribution in [0, 0.1) is 0 Å². The van der Waals surface area contributed by atoms with E-state index in [4.69, 9.17) is 5.11 Å². The molecule has 0 saturated heterocycles. The number of hydrogen-bond acceptors (Lipinski definition) is 2. The van der Waals surface area contributed by atoms with Gasteiger partial charge in [0.15, 0.2) is 0 Å². The summed E-state index contributed by atoms with van der Waals surface area (Å²) in [6.07, 6.45) is 1.74. The van der Waals surface area contributed by atoms with Gasteiger partial charge in [0.25, 0.3) is 0 Å². The number of pyridine rings is 1. The molecule has 0 aromatic carbocycles. The van der Waals surface area contributed by atoms with Crippen molar-refractivity contribution < 1.29 is 5.11 Å². The Morgan fingerprint density at radius 3 is 2.33 bits per heavy atom. The first-order valence-corrected chi connectivity index (χ1v) is 3.20. The zero-order valence-electron chi connectivity index (χ0n) is 5.08. The summed E-state index contributed by atoms with van der Waals surface area (Å²) in [6.45, 7) is 0.